The Bertz CT molecular complexity index is 805. The lowest BCUT2D eigenvalue weighted by atomic mass is 10.1. The molecule has 1 saturated heterocycles. The Hall–Kier alpha value is -2.15. The second kappa shape index (κ2) is 8.49. The molecule has 0 radical (unpaired) electrons. The minimum atomic E-state index is -0.251. The molecular formula is C19H20ClN3O2S. The van der Waals surface area contributed by atoms with Gasteiger partial charge in [-0.25, -0.2) is 0 Å². The van der Waals surface area contributed by atoms with Gasteiger partial charge in [0, 0.05) is 24.3 Å². The molecule has 0 spiro atoms. The van der Waals surface area contributed by atoms with Gasteiger partial charge in [-0.3, -0.25) is 10.1 Å². The van der Waals surface area contributed by atoms with E-state index in [0.29, 0.717) is 23.8 Å². The van der Waals surface area contributed by atoms with Crippen molar-refractivity contribution in [1.82, 2.24) is 5.32 Å². The van der Waals surface area contributed by atoms with E-state index in [1.54, 1.807) is 18.2 Å². The SMILES string of the molecule is Cc1ccc(C(=O)NC(=S)Nc2ccc(N3CCOCC3)c(Cl)c2)cc1. The van der Waals surface area contributed by atoms with Gasteiger partial charge in [-0.1, -0.05) is 29.3 Å². The van der Waals surface area contributed by atoms with E-state index >= 15 is 0 Å². The third-order valence-electron chi connectivity index (χ3n) is 4.10. The van der Waals surface area contributed by atoms with Crippen LogP contribution in [0.25, 0.3) is 0 Å². The number of benzene rings is 2. The topological polar surface area (TPSA) is 53.6 Å². The van der Waals surface area contributed by atoms with E-state index < -0.39 is 0 Å². The number of morpholine rings is 1. The lowest BCUT2D eigenvalue weighted by Crippen LogP contribution is -2.36. The number of carbonyl (C=O) groups is 1. The number of hydrogen-bond acceptors (Lipinski definition) is 4. The number of aryl methyl sites for hydroxylation is 1. The molecule has 3 rings (SSSR count). The third-order valence-corrected chi connectivity index (χ3v) is 4.60. The van der Waals surface area contributed by atoms with Gasteiger partial charge in [0.15, 0.2) is 5.11 Å². The molecule has 2 aromatic rings. The largest absolute Gasteiger partial charge is 0.378 e. The molecule has 0 aliphatic carbocycles. The van der Waals surface area contributed by atoms with Crippen LogP contribution in [0.1, 0.15) is 15.9 Å². The first-order valence-corrected chi connectivity index (χ1v) is 9.13. The maximum atomic E-state index is 12.2. The standard InChI is InChI=1S/C19H20ClN3O2S/c1-13-2-4-14(5-3-13)18(24)22-19(26)21-15-6-7-17(16(20)12-15)23-8-10-25-11-9-23/h2-7,12H,8-11H2,1H3,(H2,21,22,24,26). The fraction of sp³-hybridized carbons (Fsp3) is 0.263. The summed E-state index contributed by atoms with van der Waals surface area (Å²) >= 11 is 11.6. The molecule has 1 amide bonds. The highest BCUT2D eigenvalue weighted by Gasteiger charge is 2.15. The van der Waals surface area contributed by atoms with Gasteiger partial charge < -0.3 is 15.0 Å². The van der Waals surface area contributed by atoms with Crippen LogP contribution in [0.15, 0.2) is 42.5 Å². The van der Waals surface area contributed by atoms with Gasteiger partial charge >= 0.3 is 0 Å². The van der Waals surface area contributed by atoms with Crippen molar-refractivity contribution < 1.29 is 9.53 Å². The Balaban J connectivity index is 1.61. The quantitative estimate of drug-likeness (QED) is 0.785. The number of nitrogens with one attached hydrogen (secondary N) is 2. The van der Waals surface area contributed by atoms with Crippen LogP contribution in [0.4, 0.5) is 11.4 Å². The Kier molecular flexibility index (Phi) is 6.08. The molecule has 1 fully saturated rings. The Morgan fingerprint density at radius 3 is 2.50 bits per heavy atom. The highest BCUT2D eigenvalue weighted by Crippen LogP contribution is 2.29. The van der Waals surface area contributed by atoms with Crippen molar-refractivity contribution >= 4 is 46.2 Å². The Morgan fingerprint density at radius 2 is 1.85 bits per heavy atom. The summed E-state index contributed by atoms with van der Waals surface area (Å²) in [7, 11) is 0. The predicted molar refractivity (Wildman–Crippen MR) is 109 cm³/mol. The first kappa shape index (κ1) is 18.6. The summed E-state index contributed by atoms with van der Waals surface area (Å²) in [6, 6.07) is 12.9. The number of ether oxygens (including phenoxy) is 1. The minimum Gasteiger partial charge on any atom is -0.378 e. The lowest BCUT2D eigenvalue weighted by Gasteiger charge is -2.29. The summed E-state index contributed by atoms with van der Waals surface area (Å²) in [4.78, 5) is 14.4. The fourth-order valence-electron chi connectivity index (χ4n) is 2.69. The molecule has 1 heterocycles. The fourth-order valence-corrected chi connectivity index (χ4v) is 3.20. The zero-order valence-corrected chi connectivity index (χ0v) is 16.0. The average Bonchev–Trinajstić information content (AvgIpc) is 2.63. The second-order valence-corrected chi connectivity index (χ2v) is 6.86. The monoisotopic (exact) mass is 389 g/mol. The van der Waals surface area contributed by atoms with Crippen LogP contribution in [-0.4, -0.2) is 37.3 Å². The van der Waals surface area contributed by atoms with E-state index in [2.05, 4.69) is 15.5 Å². The number of nitrogens with zero attached hydrogens (tertiary/aromatic N) is 1. The Morgan fingerprint density at radius 1 is 1.15 bits per heavy atom. The smallest absolute Gasteiger partial charge is 0.257 e. The van der Waals surface area contributed by atoms with Gasteiger partial charge in [-0.2, -0.15) is 0 Å². The summed E-state index contributed by atoms with van der Waals surface area (Å²) in [5, 5.41) is 6.53. The van der Waals surface area contributed by atoms with Crippen LogP contribution >= 0.6 is 23.8 Å². The number of amides is 1. The summed E-state index contributed by atoms with van der Waals surface area (Å²) in [6.45, 7) is 5.00. The highest BCUT2D eigenvalue weighted by atomic mass is 35.5. The number of hydrogen-bond donors (Lipinski definition) is 2. The van der Waals surface area contributed by atoms with E-state index in [4.69, 9.17) is 28.6 Å². The van der Waals surface area contributed by atoms with Crippen LogP contribution in [0, 0.1) is 6.92 Å². The van der Waals surface area contributed by atoms with Gasteiger partial charge in [0.05, 0.1) is 23.9 Å². The van der Waals surface area contributed by atoms with E-state index in [-0.39, 0.29) is 11.0 Å². The van der Waals surface area contributed by atoms with Crippen molar-refractivity contribution in [3.05, 3.63) is 58.6 Å². The maximum Gasteiger partial charge on any atom is 0.257 e. The molecule has 26 heavy (non-hydrogen) atoms. The highest BCUT2D eigenvalue weighted by molar-refractivity contribution is 7.80. The summed E-state index contributed by atoms with van der Waals surface area (Å²) in [5.74, 6) is -0.251. The molecule has 2 N–H and O–H groups in total. The van der Waals surface area contributed by atoms with Crippen molar-refractivity contribution in [2.45, 2.75) is 6.92 Å². The van der Waals surface area contributed by atoms with E-state index in [0.717, 1.165) is 30.0 Å². The molecule has 7 heteroatoms. The molecule has 0 bridgehead atoms. The number of halogens is 1. The third kappa shape index (κ3) is 4.72. The molecule has 0 aromatic heterocycles. The number of carbonyl (C=O) groups excluding carboxylic acids is 1. The van der Waals surface area contributed by atoms with Crippen molar-refractivity contribution in [2.24, 2.45) is 0 Å². The number of rotatable bonds is 3. The maximum absolute atomic E-state index is 12.2. The minimum absolute atomic E-state index is 0.228. The predicted octanol–water partition coefficient (Wildman–Crippen LogP) is 3.61. The summed E-state index contributed by atoms with van der Waals surface area (Å²) in [5.41, 5.74) is 3.34. The molecule has 1 aliphatic rings. The van der Waals surface area contributed by atoms with Crippen LogP contribution in [0.3, 0.4) is 0 Å². The van der Waals surface area contributed by atoms with Crippen LogP contribution in [0.5, 0.6) is 0 Å². The van der Waals surface area contributed by atoms with E-state index in [9.17, 15) is 4.79 Å². The van der Waals surface area contributed by atoms with Crippen LogP contribution in [0.2, 0.25) is 5.02 Å². The van der Waals surface area contributed by atoms with Crippen LogP contribution in [-0.2, 0) is 4.74 Å². The van der Waals surface area contributed by atoms with Gasteiger partial charge in [0.25, 0.3) is 5.91 Å². The average molecular weight is 390 g/mol. The summed E-state index contributed by atoms with van der Waals surface area (Å²) < 4.78 is 5.36. The van der Waals surface area contributed by atoms with Crippen molar-refractivity contribution in [2.75, 3.05) is 36.5 Å². The molecule has 0 atom stereocenters. The number of thiocarbonyl (C=S) groups is 1. The molecule has 5 nitrogen and oxygen atoms in total. The van der Waals surface area contributed by atoms with Crippen molar-refractivity contribution in [1.29, 1.82) is 0 Å². The lowest BCUT2D eigenvalue weighted by molar-refractivity contribution is 0.0977. The van der Waals surface area contributed by atoms with Crippen molar-refractivity contribution in [3.63, 3.8) is 0 Å². The second-order valence-electron chi connectivity index (χ2n) is 6.04. The summed E-state index contributed by atoms with van der Waals surface area (Å²) in [6.07, 6.45) is 0. The van der Waals surface area contributed by atoms with E-state index in [1.807, 2.05) is 31.2 Å². The molecule has 136 valence electrons. The zero-order chi connectivity index (χ0) is 18.5. The normalized spacial score (nSPS) is 14.0. The molecule has 1 aliphatic heterocycles. The van der Waals surface area contributed by atoms with Crippen molar-refractivity contribution in [3.8, 4) is 0 Å². The molecule has 0 unspecified atom stereocenters. The zero-order valence-electron chi connectivity index (χ0n) is 14.4. The van der Waals surface area contributed by atoms with Gasteiger partial charge in [0.2, 0.25) is 0 Å². The molecule has 2 aromatic carbocycles. The van der Waals surface area contributed by atoms with Crippen LogP contribution < -0.4 is 15.5 Å². The van der Waals surface area contributed by atoms with Gasteiger partial charge in [-0.05, 0) is 49.5 Å². The number of anilines is 2. The van der Waals surface area contributed by atoms with E-state index in [1.165, 1.54) is 0 Å². The first-order valence-electron chi connectivity index (χ1n) is 8.34. The molecular weight excluding hydrogens is 370 g/mol. The Labute approximate surface area is 163 Å². The van der Waals surface area contributed by atoms with Gasteiger partial charge in [0.1, 0.15) is 0 Å². The molecule has 0 saturated carbocycles. The van der Waals surface area contributed by atoms with Gasteiger partial charge in [-0.15, -0.1) is 0 Å². The first-order chi connectivity index (χ1) is 12.5.